The first kappa shape index (κ1) is 23.2. The molecule has 11 heteroatoms. The van der Waals surface area contributed by atoms with Crippen molar-refractivity contribution in [1.82, 2.24) is 20.0 Å². The second-order valence-electron chi connectivity index (χ2n) is 7.65. The highest BCUT2D eigenvalue weighted by atomic mass is 32.2. The Hall–Kier alpha value is -3.47. The summed E-state index contributed by atoms with van der Waals surface area (Å²) in [5.41, 5.74) is 4.60. The van der Waals surface area contributed by atoms with Crippen LogP contribution in [0.5, 0.6) is 0 Å². The van der Waals surface area contributed by atoms with Crippen LogP contribution < -0.4 is 10.0 Å². The second-order valence-corrected chi connectivity index (χ2v) is 9.39. The number of pyridine rings is 1. The number of aryl methyl sites for hydroxylation is 4. The summed E-state index contributed by atoms with van der Waals surface area (Å²) in [4.78, 5) is 17.0. The highest BCUT2D eigenvalue weighted by molar-refractivity contribution is 7.92. The number of hydrogen-bond donors (Lipinski definition) is 2. The summed E-state index contributed by atoms with van der Waals surface area (Å²) >= 11 is 0. The molecule has 32 heavy (non-hydrogen) atoms. The molecule has 10 nitrogen and oxygen atoms in total. The van der Waals surface area contributed by atoms with E-state index < -0.39 is 22.2 Å². The lowest BCUT2D eigenvalue weighted by molar-refractivity contribution is 0.120. The quantitative estimate of drug-likeness (QED) is 0.579. The summed E-state index contributed by atoms with van der Waals surface area (Å²) in [7, 11) is -1.80. The third-order valence-electron chi connectivity index (χ3n) is 4.83. The number of amides is 1. The Labute approximate surface area is 187 Å². The van der Waals surface area contributed by atoms with Crippen molar-refractivity contribution in [3.63, 3.8) is 0 Å². The van der Waals surface area contributed by atoms with E-state index in [9.17, 15) is 13.2 Å². The van der Waals surface area contributed by atoms with Crippen molar-refractivity contribution in [2.75, 3.05) is 16.3 Å². The van der Waals surface area contributed by atoms with Gasteiger partial charge >= 0.3 is 6.09 Å². The Morgan fingerprint density at radius 1 is 1.16 bits per heavy atom. The zero-order valence-corrected chi connectivity index (χ0v) is 19.6. The maximum atomic E-state index is 12.6. The number of aromatic nitrogens is 4. The van der Waals surface area contributed by atoms with E-state index in [0.29, 0.717) is 28.6 Å². The van der Waals surface area contributed by atoms with Crippen LogP contribution in [0.4, 0.5) is 16.3 Å². The van der Waals surface area contributed by atoms with E-state index in [2.05, 4.69) is 25.3 Å². The van der Waals surface area contributed by atoms with E-state index in [-0.39, 0.29) is 0 Å². The summed E-state index contributed by atoms with van der Waals surface area (Å²) in [5, 5.41) is 10.7. The summed E-state index contributed by atoms with van der Waals surface area (Å²) < 4.78 is 32.4. The van der Waals surface area contributed by atoms with Crippen molar-refractivity contribution < 1.29 is 17.9 Å². The molecule has 0 aliphatic heterocycles. The minimum absolute atomic E-state index is 0.305. The van der Waals surface area contributed by atoms with Crippen LogP contribution in [0.25, 0.3) is 11.4 Å². The van der Waals surface area contributed by atoms with E-state index in [1.54, 1.807) is 26.1 Å². The molecule has 1 atom stereocenters. The summed E-state index contributed by atoms with van der Waals surface area (Å²) in [6.45, 7) is 7.42. The standard InChI is InChI=1S/C21H26N6O4S/c1-12-7-8-13(2)16(11-12)15(4)31-21(28)23-20-19(24-26-27(20)5)18-10-9-17(14(3)22-18)25-32(6,29)30/h7-11,15,25H,1-6H3,(H,23,28)/t15-/m1/s1. The number of hydrogen-bond acceptors (Lipinski definition) is 7. The van der Waals surface area contributed by atoms with Gasteiger partial charge in [-0.15, -0.1) is 5.10 Å². The molecule has 0 saturated carbocycles. The Morgan fingerprint density at radius 3 is 2.53 bits per heavy atom. The third-order valence-corrected chi connectivity index (χ3v) is 5.42. The smallest absolute Gasteiger partial charge is 0.413 e. The Balaban J connectivity index is 1.81. The predicted molar refractivity (Wildman–Crippen MR) is 122 cm³/mol. The zero-order chi connectivity index (χ0) is 23.6. The van der Waals surface area contributed by atoms with Gasteiger partial charge < -0.3 is 4.74 Å². The molecule has 1 amide bonds. The molecule has 0 spiro atoms. The highest BCUT2D eigenvalue weighted by Crippen LogP contribution is 2.27. The second kappa shape index (κ2) is 8.95. The Morgan fingerprint density at radius 2 is 1.88 bits per heavy atom. The first-order valence-electron chi connectivity index (χ1n) is 9.85. The largest absolute Gasteiger partial charge is 0.441 e. The number of nitrogens with zero attached hydrogens (tertiary/aromatic N) is 4. The van der Waals surface area contributed by atoms with Gasteiger partial charge in [-0.1, -0.05) is 29.0 Å². The highest BCUT2D eigenvalue weighted by Gasteiger charge is 2.20. The van der Waals surface area contributed by atoms with Gasteiger partial charge in [-0.3, -0.25) is 10.0 Å². The molecule has 3 aromatic rings. The molecule has 3 rings (SSSR count). The molecule has 170 valence electrons. The van der Waals surface area contributed by atoms with Gasteiger partial charge in [0.25, 0.3) is 0 Å². The SMILES string of the molecule is Cc1ccc(C)c([C@@H](C)OC(=O)Nc2c(-c3ccc(NS(C)(=O)=O)c(C)n3)nnn2C)c1. The van der Waals surface area contributed by atoms with Gasteiger partial charge in [0.05, 0.1) is 23.3 Å². The molecule has 0 saturated heterocycles. The fourth-order valence-corrected chi connectivity index (χ4v) is 3.83. The topological polar surface area (TPSA) is 128 Å². The van der Waals surface area contributed by atoms with Crippen molar-refractivity contribution in [2.24, 2.45) is 7.05 Å². The molecule has 0 fully saturated rings. The molecule has 2 heterocycles. The Kier molecular flexibility index (Phi) is 6.49. The van der Waals surface area contributed by atoms with Gasteiger partial charge in [0.15, 0.2) is 11.5 Å². The van der Waals surface area contributed by atoms with E-state index in [1.165, 1.54) is 4.68 Å². The number of ether oxygens (including phenoxy) is 1. The normalized spacial score (nSPS) is 12.3. The predicted octanol–water partition coefficient (Wildman–Crippen LogP) is 3.48. The van der Waals surface area contributed by atoms with Crippen LogP contribution in [0.1, 0.15) is 35.4 Å². The molecule has 2 N–H and O–H groups in total. The van der Waals surface area contributed by atoms with Gasteiger partial charge in [0, 0.05) is 7.05 Å². The van der Waals surface area contributed by atoms with Crippen LogP contribution in [-0.2, 0) is 21.8 Å². The number of carbonyl (C=O) groups excluding carboxylic acids is 1. The lowest BCUT2D eigenvalue weighted by Crippen LogP contribution is -2.19. The Bertz CT molecular complexity index is 1270. The van der Waals surface area contributed by atoms with Crippen LogP contribution >= 0.6 is 0 Å². The van der Waals surface area contributed by atoms with Crippen molar-refractivity contribution in [3.8, 4) is 11.4 Å². The number of rotatable bonds is 6. The molecular formula is C21H26N6O4S. The van der Waals surface area contributed by atoms with Crippen LogP contribution in [0.15, 0.2) is 30.3 Å². The molecule has 2 aromatic heterocycles. The average molecular weight is 459 g/mol. The molecular weight excluding hydrogens is 432 g/mol. The van der Waals surface area contributed by atoms with Gasteiger partial charge in [0.2, 0.25) is 10.0 Å². The molecule has 0 bridgehead atoms. The van der Waals surface area contributed by atoms with Gasteiger partial charge in [-0.05, 0) is 51.0 Å². The number of benzene rings is 1. The summed E-state index contributed by atoms with van der Waals surface area (Å²) in [5.74, 6) is 0.305. The fourth-order valence-electron chi connectivity index (χ4n) is 3.22. The summed E-state index contributed by atoms with van der Waals surface area (Å²) in [6, 6.07) is 9.16. The van der Waals surface area contributed by atoms with E-state index in [4.69, 9.17) is 4.74 Å². The van der Waals surface area contributed by atoms with Gasteiger partial charge in [0.1, 0.15) is 6.10 Å². The first-order valence-corrected chi connectivity index (χ1v) is 11.7. The lowest BCUT2D eigenvalue weighted by atomic mass is 10.0. The first-order chi connectivity index (χ1) is 14.9. The fraction of sp³-hybridized carbons (Fsp3) is 0.333. The average Bonchev–Trinajstić information content (AvgIpc) is 3.04. The maximum absolute atomic E-state index is 12.6. The van der Waals surface area contributed by atoms with Gasteiger partial charge in [-0.25, -0.2) is 22.9 Å². The van der Waals surface area contributed by atoms with E-state index >= 15 is 0 Å². The van der Waals surface area contributed by atoms with Crippen LogP contribution in [0.3, 0.4) is 0 Å². The van der Waals surface area contributed by atoms with Crippen molar-refractivity contribution >= 4 is 27.6 Å². The third kappa shape index (κ3) is 5.41. The number of sulfonamides is 1. The van der Waals surface area contributed by atoms with Crippen LogP contribution in [-0.4, -0.2) is 40.7 Å². The molecule has 0 unspecified atom stereocenters. The van der Waals surface area contributed by atoms with Crippen LogP contribution in [0.2, 0.25) is 0 Å². The van der Waals surface area contributed by atoms with Crippen LogP contribution in [0, 0.1) is 20.8 Å². The summed E-state index contributed by atoms with van der Waals surface area (Å²) in [6.07, 6.45) is -0.0472. The number of nitrogens with one attached hydrogen (secondary N) is 2. The number of carbonyl (C=O) groups is 1. The van der Waals surface area contributed by atoms with Gasteiger partial charge in [-0.2, -0.15) is 0 Å². The molecule has 1 aromatic carbocycles. The minimum Gasteiger partial charge on any atom is -0.441 e. The molecule has 0 aliphatic rings. The number of anilines is 2. The zero-order valence-electron chi connectivity index (χ0n) is 18.8. The van der Waals surface area contributed by atoms with E-state index in [0.717, 1.165) is 22.9 Å². The lowest BCUT2D eigenvalue weighted by Gasteiger charge is -2.17. The minimum atomic E-state index is -3.43. The van der Waals surface area contributed by atoms with Crippen molar-refractivity contribution in [2.45, 2.75) is 33.8 Å². The monoisotopic (exact) mass is 458 g/mol. The van der Waals surface area contributed by atoms with Crippen molar-refractivity contribution in [3.05, 3.63) is 52.7 Å². The maximum Gasteiger partial charge on any atom is 0.413 e. The van der Waals surface area contributed by atoms with Crippen molar-refractivity contribution in [1.29, 1.82) is 0 Å². The molecule has 0 radical (unpaired) electrons. The van der Waals surface area contributed by atoms with E-state index in [1.807, 2.05) is 39.0 Å². The molecule has 0 aliphatic carbocycles.